The van der Waals surface area contributed by atoms with Crippen LogP contribution in [0.15, 0.2) is 58.8 Å². The Bertz CT molecular complexity index is 606. The first-order valence-corrected chi connectivity index (χ1v) is 8.75. The number of hydrogen-bond donors (Lipinski definition) is 1. The van der Waals surface area contributed by atoms with Crippen LogP contribution in [0.25, 0.3) is 0 Å². The minimum atomic E-state index is 0.697. The van der Waals surface area contributed by atoms with Crippen molar-refractivity contribution in [1.29, 1.82) is 0 Å². The van der Waals surface area contributed by atoms with E-state index in [-0.39, 0.29) is 0 Å². The molecule has 0 saturated heterocycles. The second kappa shape index (κ2) is 10.6. The molecule has 2 aromatic carbocycles. The SMILES string of the molecule is CCCCc1ccc(N=Nc2ccc(OCCCCN)cc2)cc1. The van der Waals surface area contributed by atoms with Gasteiger partial charge in [0.15, 0.2) is 0 Å². The Labute approximate surface area is 144 Å². The topological polar surface area (TPSA) is 60.0 Å². The van der Waals surface area contributed by atoms with Crippen LogP contribution >= 0.6 is 0 Å². The molecule has 2 rings (SSSR count). The molecular weight excluding hydrogens is 298 g/mol. The van der Waals surface area contributed by atoms with Crippen molar-refractivity contribution in [2.45, 2.75) is 39.0 Å². The molecule has 0 aliphatic carbocycles. The van der Waals surface area contributed by atoms with Crippen LogP contribution in [0.4, 0.5) is 11.4 Å². The Kier molecular flexibility index (Phi) is 7.98. The number of unbranched alkanes of at least 4 members (excludes halogenated alkanes) is 2. The zero-order valence-electron chi connectivity index (χ0n) is 14.4. The largest absolute Gasteiger partial charge is 0.494 e. The van der Waals surface area contributed by atoms with E-state index in [0.717, 1.165) is 36.4 Å². The monoisotopic (exact) mass is 325 g/mol. The second-order valence-electron chi connectivity index (χ2n) is 5.81. The first-order chi connectivity index (χ1) is 11.8. The third kappa shape index (κ3) is 6.50. The van der Waals surface area contributed by atoms with E-state index in [9.17, 15) is 0 Å². The van der Waals surface area contributed by atoms with Crippen molar-refractivity contribution in [3.05, 3.63) is 54.1 Å². The fourth-order valence-electron chi connectivity index (χ4n) is 2.27. The number of azo groups is 1. The normalized spacial score (nSPS) is 11.1. The summed E-state index contributed by atoms with van der Waals surface area (Å²) >= 11 is 0. The molecule has 0 bridgehead atoms. The summed E-state index contributed by atoms with van der Waals surface area (Å²) in [6.07, 6.45) is 5.53. The number of hydrogen-bond acceptors (Lipinski definition) is 4. The van der Waals surface area contributed by atoms with E-state index in [2.05, 4.69) is 29.3 Å². The van der Waals surface area contributed by atoms with Crippen LogP contribution in [0.5, 0.6) is 5.75 Å². The van der Waals surface area contributed by atoms with Gasteiger partial charge in [0.05, 0.1) is 18.0 Å². The van der Waals surface area contributed by atoms with Crippen molar-refractivity contribution in [1.82, 2.24) is 0 Å². The predicted molar refractivity (Wildman–Crippen MR) is 99.5 cm³/mol. The minimum Gasteiger partial charge on any atom is -0.494 e. The minimum absolute atomic E-state index is 0.697. The lowest BCUT2D eigenvalue weighted by Gasteiger charge is -2.05. The van der Waals surface area contributed by atoms with Crippen LogP contribution in [0.2, 0.25) is 0 Å². The average Bonchev–Trinajstić information content (AvgIpc) is 2.64. The van der Waals surface area contributed by atoms with E-state index in [1.165, 1.54) is 18.4 Å². The molecular formula is C20H27N3O. The number of nitrogens with zero attached hydrogens (tertiary/aromatic N) is 2. The lowest BCUT2D eigenvalue weighted by atomic mass is 10.1. The Morgan fingerprint density at radius 1 is 0.833 bits per heavy atom. The number of benzene rings is 2. The van der Waals surface area contributed by atoms with Crippen LogP contribution < -0.4 is 10.5 Å². The molecule has 128 valence electrons. The average molecular weight is 325 g/mol. The van der Waals surface area contributed by atoms with Crippen LogP contribution in [-0.2, 0) is 6.42 Å². The fraction of sp³-hybridized carbons (Fsp3) is 0.400. The summed E-state index contributed by atoms with van der Waals surface area (Å²) in [4.78, 5) is 0. The molecule has 0 atom stereocenters. The van der Waals surface area contributed by atoms with Crippen molar-refractivity contribution < 1.29 is 4.74 Å². The third-order valence-corrected chi connectivity index (χ3v) is 3.74. The number of ether oxygens (including phenoxy) is 1. The van der Waals surface area contributed by atoms with Gasteiger partial charge in [-0.25, -0.2) is 0 Å². The first-order valence-electron chi connectivity index (χ1n) is 8.75. The van der Waals surface area contributed by atoms with Gasteiger partial charge in [0, 0.05) is 0 Å². The summed E-state index contributed by atoms with van der Waals surface area (Å²) in [5.41, 5.74) is 8.51. The molecule has 0 heterocycles. The van der Waals surface area contributed by atoms with E-state index in [4.69, 9.17) is 10.5 Å². The van der Waals surface area contributed by atoms with Crippen LogP contribution in [0.3, 0.4) is 0 Å². The molecule has 2 aromatic rings. The zero-order chi connectivity index (χ0) is 17.0. The predicted octanol–water partition coefficient (Wildman–Crippen LogP) is 5.56. The molecule has 0 aliphatic rings. The molecule has 0 spiro atoms. The quantitative estimate of drug-likeness (QED) is 0.459. The van der Waals surface area contributed by atoms with Gasteiger partial charge in [0.25, 0.3) is 0 Å². The molecule has 0 unspecified atom stereocenters. The van der Waals surface area contributed by atoms with Crippen molar-refractivity contribution in [3.8, 4) is 5.75 Å². The van der Waals surface area contributed by atoms with Gasteiger partial charge in [0.1, 0.15) is 5.75 Å². The number of nitrogens with two attached hydrogens (primary N) is 1. The Hall–Kier alpha value is -2.20. The van der Waals surface area contributed by atoms with Gasteiger partial charge in [-0.2, -0.15) is 10.2 Å². The highest BCUT2D eigenvalue weighted by atomic mass is 16.5. The van der Waals surface area contributed by atoms with Gasteiger partial charge >= 0.3 is 0 Å². The Morgan fingerprint density at radius 2 is 1.46 bits per heavy atom. The van der Waals surface area contributed by atoms with E-state index in [0.29, 0.717) is 13.2 Å². The van der Waals surface area contributed by atoms with Gasteiger partial charge in [-0.05, 0) is 74.2 Å². The zero-order valence-corrected chi connectivity index (χ0v) is 14.4. The van der Waals surface area contributed by atoms with E-state index < -0.39 is 0 Å². The first kappa shape index (κ1) is 18.1. The summed E-state index contributed by atoms with van der Waals surface area (Å²) in [7, 11) is 0. The summed E-state index contributed by atoms with van der Waals surface area (Å²) in [6, 6.07) is 16.0. The molecule has 4 nitrogen and oxygen atoms in total. The van der Waals surface area contributed by atoms with Gasteiger partial charge in [0.2, 0.25) is 0 Å². The lowest BCUT2D eigenvalue weighted by Crippen LogP contribution is -2.03. The highest BCUT2D eigenvalue weighted by molar-refractivity contribution is 5.43. The molecule has 24 heavy (non-hydrogen) atoms. The van der Waals surface area contributed by atoms with Crippen molar-refractivity contribution in [2.75, 3.05) is 13.2 Å². The summed E-state index contributed by atoms with van der Waals surface area (Å²) in [5.74, 6) is 0.853. The van der Waals surface area contributed by atoms with Crippen LogP contribution in [-0.4, -0.2) is 13.2 Å². The smallest absolute Gasteiger partial charge is 0.119 e. The Balaban J connectivity index is 1.85. The molecule has 0 fully saturated rings. The molecule has 0 saturated carbocycles. The van der Waals surface area contributed by atoms with Crippen LogP contribution in [0.1, 0.15) is 38.2 Å². The Morgan fingerprint density at radius 3 is 2.04 bits per heavy atom. The summed E-state index contributed by atoms with van der Waals surface area (Å²) in [5, 5.41) is 8.56. The standard InChI is InChI=1S/C20H27N3O/c1-2-3-6-17-7-9-18(10-8-17)22-23-19-11-13-20(14-12-19)24-16-5-4-15-21/h7-14H,2-6,15-16,21H2,1H3. The molecule has 0 radical (unpaired) electrons. The molecule has 0 amide bonds. The molecule has 2 N–H and O–H groups in total. The van der Waals surface area contributed by atoms with Crippen molar-refractivity contribution in [3.63, 3.8) is 0 Å². The lowest BCUT2D eigenvalue weighted by molar-refractivity contribution is 0.308. The van der Waals surface area contributed by atoms with E-state index in [1.54, 1.807) is 0 Å². The molecule has 0 aliphatic heterocycles. The maximum Gasteiger partial charge on any atom is 0.119 e. The van der Waals surface area contributed by atoms with Crippen molar-refractivity contribution >= 4 is 11.4 Å². The molecule has 0 aromatic heterocycles. The second-order valence-corrected chi connectivity index (χ2v) is 5.81. The van der Waals surface area contributed by atoms with Gasteiger partial charge < -0.3 is 10.5 Å². The van der Waals surface area contributed by atoms with E-state index >= 15 is 0 Å². The summed E-state index contributed by atoms with van der Waals surface area (Å²) in [6.45, 7) is 3.61. The van der Waals surface area contributed by atoms with Gasteiger partial charge in [-0.15, -0.1) is 0 Å². The highest BCUT2D eigenvalue weighted by Gasteiger charge is 1.96. The highest BCUT2D eigenvalue weighted by Crippen LogP contribution is 2.22. The molecule has 4 heteroatoms. The van der Waals surface area contributed by atoms with Gasteiger partial charge in [-0.1, -0.05) is 25.5 Å². The van der Waals surface area contributed by atoms with E-state index in [1.807, 2.05) is 36.4 Å². The maximum absolute atomic E-state index is 5.64. The fourth-order valence-corrected chi connectivity index (χ4v) is 2.27. The van der Waals surface area contributed by atoms with Crippen LogP contribution in [0, 0.1) is 0 Å². The van der Waals surface area contributed by atoms with Crippen molar-refractivity contribution in [2.24, 2.45) is 16.0 Å². The maximum atomic E-state index is 5.64. The van der Waals surface area contributed by atoms with Gasteiger partial charge in [-0.3, -0.25) is 0 Å². The summed E-state index contributed by atoms with van der Waals surface area (Å²) < 4.78 is 5.64. The number of aryl methyl sites for hydroxylation is 1. The number of rotatable bonds is 10. The third-order valence-electron chi connectivity index (χ3n) is 3.74.